The number of imidazole rings is 1. The predicted molar refractivity (Wildman–Crippen MR) is 150 cm³/mol. The molecule has 2 heterocycles. The maximum atomic E-state index is 13.2. The molecule has 12 heteroatoms. The molecule has 39 heavy (non-hydrogen) atoms. The molecule has 3 amide bonds. The monoisotopic (exact) mass is 556 g/mol. The number of benzene rings is 1. The van der Waals surface area contributed by atoms with Crippen LogP contribution in [0.3, 0.4) is 0 Å². The van der Waals surface area contributed by atoms with Gasteiger partial charge in [0.1, 0.15) is 22.7 Å². The number of carbonyl (C=O) groups is 3. The largest absolute Gasteiger partial charge is 0.465 e. The van der Waals surface area contributed by atoms with Crippen molar-refractivity contribution in [2.24, 2.45) is 5.92 Å². The number of likely N-dealkylation sites (N-methyl/N-ethyl adjacent to an activating group) is 1. The zero-order chi connectivity index (χ0) is 28.7. The van der Waals surface area contributed by atoms with Crippen molar-refractivity contribution in [3.63, 3.8) is 0 Å². The Bertz CT molecular complexity index is 1440. The summed E-state index contributed by atoms with van der Waals surface area (Å²) in [4.78, 5) is 58.4. The fraction of sp³-hybridized carbons (Fsp3) is 0.370. The van der Waals surface area contributed by atoms with Crippen molar-refractivity contribution in [1.82, 2.24) is 24.8 Å². The van der Waals surface area contributed by atoms with Gasteiger partial charge in [-0.2, -0.15) is 0 Å². The molecule has 1 atom stereocenters. The number of pyridine rings is 1. The van der Waals surface area contributed by atoms with Gasteiger partial charge in [0.15, 0.2) is 0 Å². The molecule has 11 nitrogen and oxygen atoms in total. The number of anilines is 1. The molecule has 0 aliphatic carbocycles. The Hall–Kier alpha value is -4.12. The Morgan fingerprint density at radius 2 is 1.95 bits per heavy atom. The van der Waals surface area contributed by atoms with E-state index in [1.807, 2.05) is 18.2 Å². The average molecular weight is 557 g/mol. The average Bonchev–Trinajstić information content (AvgIpc) is 3.28. The fourth-order valence-electron chi connectivity index (χ4n) is 4.00. The first-order chi connectivity index (χ1) is 18.5. The summed E-state index contributed by atoms with van der Waals surface area (Å²) >= 11 is 6.33. The first-order valence-corrected chi connectivity index (χ1v) is 12.9. The van der Waals surface area contributed by atoms with Crippen LogP contribution in [0.4, 0.5) is 10.5 Å². The third-order valence-corrected chi connectivity index (χ3v) is 6.23. The molecule has 0 spiro atoms. The van der Waals surface area contributed by atoms with Crippen LogP contribution in [0, 0.1) is 5.92 Å². The molecular formula is C27H33ClN6O5. The molecule has 0 bridgehead atoms. The summed E-state index contributed by atoms with van der Waals surface area (Å²) in [5.74, 6) is 0.0320. The number of halogens is 1. The molecule has 4 N–H and O–H groups in total. The van der Waals surface area contributed by atoms with Gasteiger partial charge in [-0.25, -0.2) is 9.78 Å². The lowest BCUT2D eigenvalue weighted by Gasteiger charge is -2.17. The summed E-state index contributed by atoms with van der Waals surface area (Å²) in [6.07, 6.45) is 2.71. The summed E-state index contributed by atoms with van der Waals surface area (Å²) in [5, 5.41) is 14.0. The molecule has 208 valence electrons. The highest BCUT2D eigenvalue weighted by Gasteiger charge is 2.22. The Labute approximate surface area is 230 Å². The quantitative estimate of drug-likeness (QED) is 0.209. The van der Waals surface area contributed by atoms with E-state index in [-0.39, 0.29) is 36.1 Å². The second-order valence-electron chi connectivity index (χ2n) is 9.76. The number of amides is 3. The fourth-order valence-corrected chi connectivity index (χ4v) is 4.20. The predicted octanol–water partition coefficient (Wildman–Crippen LogP) is 3.62. The van der Waals surface area contributed by atoms with Gasteiger partial charge < -0.3 is 25.6 Å². The van der Waals surface area contributed by atoms with Gasteiger partial charge in [0.25, 0.3) is 5.56 Å². The van der Waals surface area contributed by atoms with Crippen LogP contribution in [0.25, 0.3) is 11.0 Å². The van der Waals surface area contributed by atoms with E-state index in [0.29, 0.717) is 11.7 Å². The molecule has 3 rings (SSSR count). The van der Waals surface area contributed by atoms with Gasteiger partial charge in [-0.15, -0.1) is 0 Å². The number of aromatic amines is 1. The Balaban J connectivity index is 1.79. The van der Waals surface area contributed by atoms with Gasteiger partial charge in [0, 0.05) is 14.1 Å². The lowest BCUT2D eigenvalue weighted by Crippen LogP contribution is -2.44. The molecule has 0 aliphatic heterocycles. The number of H-pyrrole nitrogens is 1. The van der Waals surface area contributed by atoms with E-state index >= 15 is 0 Å². The number of nitrogens with zero attached hydrogens (tertiary/aromatic N) is 3. The van der Waals surface area contributed by atoms with E-state index in [1.54, 1.807) is 20.2 Å². The molecule has 0 fully saturated rings. The summed E-state index contributed by atoms with van der Waals surface area (Å²) < 4.78 is 1.27. The minimum Gasteiger partial charge on any atom is -0.465 e. The number of nitrogens with one attached hydrogen (secondary N) is 3. The molecule has 2 aromatic heterocycles. The van der Waals surface area contributed by atoms with Crippen molar-refractivity contribution in [2.75, 3.05) is 19.4 Å². The van der Waals surface area contributed by atoms with Crippen LogP contribution in [0.2, 0.25) is 5.15 Å². The topological polar surface area (TPSA) is 149 Å². The number of hydrogen-bond acceptors (Lipinski definition) is 5. The zero-order valence-corrected chi connectivity index (χ0v) is 23.1. The van der Waals surface area contributed by atoms with Crippen LogP contribution < -0.4 is 16.2 Å². The second-order valence-corrected chi connectivity index (χ2v) is 10.1. The summed E-state index contributed by atoms with van der Waals surface area (Å²) in [6, 6.07) is 7.58. The lowest BCUT2D eigenvalue weighted by molar-refractivity contribution is -0.123. The van der Waals surface area contributed by atoms with Gasteiger partial charge in [-0.1, -0.05) is 43.7 Å². The smallest absolute Gasteiger partial charge is 0.405 e. The van der Waals surface area contributed by atoms with Gasteiger partial charge >= 0.3 is 6.09 Å². The Morgan fingerprint density at radius 3 is 2.62 bits per heavy atom. The number of hydrogen-bond donors (Lipinski definition) is 4. The first-order valence-electron chi connectivity index (χ1n) is 12.5. The highest BCUT2D eigenvalue weighted by atomic mass is 35.5. The molecule has 3 aromatic rings. The molecular weight excluding hydrogens is 524 g/mol. The zero-order valence-electron chi connectivity index (χ0n) is 22.3. The lowest BCUT2D eigenvalue weighted by atomic mass is 10.0. The standard InChI is InChI=1S/C27H33ClN6O5/c1-16(2)14-17-8-7-10-18-24(17)32-22(29-18)15-34-21(28)13-12-20(26(34)37)30-25(36)19(31-27(38)39)9-5-6-11-23(35)33(3)4/h6-8,10-13,16,19,31H,5,9,14-15H2,1-4H3,(H,29,32)(H,30,36)(H,38,39). The molecule has 0 aliphatic rings. The minimum absolute atomic E-state index is 0.0404. The SMILES string of the molecule is CC(C)Cc1cccc2[nH]c(Cn3c(Cl)ccc(NC(=O)C(CCC=CC(=O)N(C)C)NC(=O)O)c3=O)nc12. The van der Waals surface area contributed by atoms with E-state index in [9.17, 15) is 24.3 Å². The van der Waals surface area contributed by atoms with Crippen LogP contribution in [-0.2, 0) is 22.6 Å². The normalized spacial score (nSPS) is 12.2. The van der Waals surface area contributed by atoms with E-state index in [0.717, 1.165) is 23.0 Å². The molecule has 1 aromatic carbocycles. The molecule has 0 radical (unpaired) electrons. The number of carboxylic acid groups (broad SMARTS) is 1. The van der Waals surface area contributed by atoms with Crippen molar-refractivity contribution in [3.05, 3.63) is 69.4 Å². The van der Waals surface area contributed by atoms with Crippen LogP contribution >= 0.6 is 11.6 Å². The minimum atomic E-state index is -1.39. The van der Waals surface area contributed by atoms with Crippen molar-refractivity contribution < 1.29 is 19.5 Å². The van der Waals surface area contributed by atoms with Crippen molar-refractivity contribution in [2.45, 2.75) is 45.7 Å². The summed E-state index contributed by atoms with van der Waals surface area (Å²) in [6.45, 7) is 4.30. The number of para-hydroxylation sites is 1. The Morgan fingerprint density at radius 1 is 1.21 bits per heavy atom. The number of rotatable bonds is 11. The first kappa shape index (κ1) is 29.4. The summed E-state index contributed by atoms with van der Waals surface area (Å²) in [7, 11) is 3.21. The third kappa shape index (κ3) is 7.93. The van der Waals surface area contributed by atoms with Crippen molar-refractivity contribution >= 4 is 46.2 Å². The molecule has 0 saturated carbocycles. The maximum absolute atomic E-state index is 13.2. The van der Waals surface area contributed by atoms with E-state index < -0.39 is 23.6 Å². The van der Waals surface area contributed by atoms with Gasteiger partial charge in [0.05, 0.1) is 17.6 Å². The second kappa shape index (κ2) is 13.1. The van der Waals surface area contributed by atoms with Crippen molar-refractivity contribution in [1.29, 1.82) is 0 Å². The van der Waals surface area contributed by atoms with E-state index in [1.165, 1.54) is 27.7 Å². The van der Waals surface area contributed by atoms with Crippen LogP contribution in [0.5, 0.6) is 0 Å². The van der Waals surface area contributed by atoms with Crippen LogP contribution in [0.15, 0.2) is 47.3 Å². The Kier molecular flexibility index (Phi) is 9.89. The van der Waals surface area contributed by atoms with Crippen molar-refractivity contribution in [3.8, 4) is 0 Å². The van der Waals surface area contributed by atoms with Crippen LogP contribution in [-0.4, -0.2) is 62.6 Å². The number of aromatic nitrogens is 3. The van der Waals surface area contributed by atoms with Gasteiger partial charge in [-0.05, 0) is 55.0 Å². The highest BCUT2D eigenvalue weighted by Crippen LogP contribution is 2.21. The molecule has 0 saturated heterocycles. The maximum Gasteiger partial charge on any atom is 0.405 e. The third-order valence-electron chi connectivity index (χ3n) is 5.90. The molecule has 1 unspecified atom stereocenters. The number of allylic oxidation sites excluding steroid dienone is 1. The number of fused-ring (bicyclic) bond motifs is 1. The number of carbonyl (C=O) groups excluding carboxylic acids is 2. The van der Waals surface area contributed by atoms with Gasteiger partial charge in [-0.3, -0.25) is 19.0 Å². The van der Waals surface area contributed by atoms with Crippen LogP contribution in [0.1, 0.15) is 38.1 Å². The summed E-state index contributed by atoms with van der Waals surface area (Å²) in [5.41, 5.74) is 2.16. The van der Waals surface area contributed by atoms with Gasteiger partial charge in [0.2, 0.25) is 11.8 Å². The van der Waals surface area contributed by atoms with E-state index in [2.05, 4.69) is 34.4 Å². The highest BCUT2D eigenvalue weighted by molar-refractivity contribution is 6.29. The van der Waals surface area contributed by atoms with E-state index in [4.69, 9.17) is 11.6 Å².